The van der Waals surface area contributed by atoms with E-state index in [0.717, 1.165) is 6.42 Å². The van der Waals surface area contributed by atoms with E-state index in [1.54, 1.807) is 0 Å². The van der Waals surface area contributed by atoms with Gasteiger partial charge in [0, 0.05) is 17.1 Å². The summed E-state index contributed by atoms with van der Waals surface area (Å²) >= 11 is 0. The highest BCUT2D eigenvalue weighted by Crippen LogP contribution is 2.32. The molecule has 0 fully saturated rings. The van der Waals surface area contributed by atoms with Crippen molar-refractivity contribution in [1.82, 2.24) is 4.57 Å². The minimum atomic E-state index is 1.01. The number of hydrogen-bond acceptors (Lipinski definition) is 0. The van der Waals surface area contributed by atoms with Crippen LogP contribution < -0.4 is 0 Å². The van der Waals surface area contributed by atoms with Crippen LogP contribution in [0.5, 0.6) is 0 Å². The SMILES string of the molecule is C1=Cn2c(cc3ccccc32)-c2ccccc2C1. The van der Waals surface area contributed by atoms with Gasteiger partial charge < -0.3 is 4.57 Å². The van der Waals surface area contributed by atoms with Gasteiger partial charge in [-0.15, -0.1) is 0 Å². The highest BCUT2D eigenvalue weighted by Gasteiger charge is 2.13. The van der Waals surface area contributed by atoms with Crippen molar-refractivity contribution in [2.75, 3.05) is 0 Å². The molecular weight excluding hydrogens is 218 g/mol. The first-order valence-corrected chi connectivity index (χ1v) is 6.28. The van der Waals surface area contributed by atoms with Crippen LogP contribution in [0.15, 0.2) is 60.7 Å². The zero-order valence-electron chi connectivity index (χ0n) is 10.0. The van der Waals surface area contributed by atoms with Gasteiger partial charge >= 0.3 is 0 Å². The first-order valence-electron chi connectivity index (χ1n) is 6.28. The van der Waals surface area contributed by atoms with Gasteiger partial charge in [-0.1, -0.05) is 48.5 Å². The van der Waals surface area contributed by atoms with Crippen LogP contribution in [0.25, 0.3) is 28.4 Å². The van der Waals surface area contributed by atoms with Gasteiger partial charge in [0.15, 0.2) is 0 Å². The van der Waals surface area contributed by atoms with E-state index in [-0.39, 0.29) is 0 Å². The maximum atomic E-state index is 2.29. The molecule has 0 saturated heterocycles. The summed E-state index contributed by atoms with van der Waals surface area (Å²) in [4.78, 5) is 0. The second kappa shape index (κ2) is 3.61. The van der Waals surface area contributed by atoms with Crippen molar-refractivity contribution in [3.8, 4) is 11.3 Å². The van der Waals surface area contributed by atoms with Crippen molar-refractivity contribution >= 4 is 17.1 Å². The zero-order valence-corrected chi connectivity index (χ0v) is 10.0. The lowest BCUT2D eigenvalue weighted by Gasteiger charge is -2.06. The van der Waals surface area contributed by atoms with Crippen molar-refractivity contribution in [3.63, 3.8) is 0 Å². The maximum absolute atomic E-state index is 2.29. The molecule has 0 N–H and O–H groups in total. The average molecular weight is 231 g/mol. The summed E-state index contributed by atoms with van der Waals surface area (Å²) in [5.41, 5.74) is 5.31. The van der Waals surface area contributed by atoms with E-state index < -0.39 is 0 Å². The van der Waals surface area contributed by atoms with Crippen molar-refractivity contribution in [3.05, 3.63) is 66.2 Å². The van der Waals surface area contributed by atoms with Crippen molar-refractivity contribution < 1.29 is 0 Å². The molecule has 0 aliphatic carbocycles. The molecule has 0 unspecified atom stereocenters. The van der Waals surface area contributed by atoms with Crippen LogP contribution in [0, 0.1) is 0 Å². The van der Waals surface area contributed by atoms with Gasteiger partial charge in [0.05, 0.1) is 11.2 Å². The van der Waals surface area contributed by atoms with E-state index in [1.807, 2.05) is 0 Å². The zero-order chi connectivity index (χ0) is 11.9. The number of allylic oxidation sites excluding steroid dienone is 1. The Labute approximate surface area is 106 Å². The third-order valence-corrected chi connectivity index (χ3v) is 3.63. The number of fused-ring (bicyclic) bond motifs is 5. The van der Waals surface area contributed by atoms with E-state index in [0.29, 0.717) is 0 Å². The van der Waals surface area contributed by atoms with E-state index in [2.05, 4.69) is 71.4 Å². The summed E-state index contributed by atoms with van der Waals surface area (Å²) in [5.74, 6) is 0. The quantitative estimate of drug-likeness (QED) is 0.542. The third kappa shape index (κ3) is 1.28. The molecule has 86 valence electrons. The van der Waals surface area contributed by atoms with Crippen molar-refractivity contribution in [2.45, 2.75) is 6.42 Å². The Morgan fingerprint density at radius 3 is 2.72 bits per heavy atom. The molecule has 0 bridgehead atoms. The Bertz CT molecular complexity index is 762. The number of aromatic nitrogens is 1. The molecule has 0 saturated carbocycles. The Kier molecular flexibility index (Phi) is 1.95. The maximum Gasteiger partial charge on any atom is 0.0537 e. The minimum absolute atomic E-state index is 1.01. The predicted molar refractivity (Wildman–Crippen MR) is 76.4 cm³/mol. The second-order valence-corrected chi connectivity index (χ2v) is 4.70. The monoisotopic (exact) mass is 231 g/mol. The Morgan fingerprint density at radius 2 is 1.72 bits per heavy atom. The van der Waals surface area contributed by atoms with Gasteiger partial charge in [-0.2, -0.15) is 0 Å². The van der Waals surface area contributed by atoms with Gasteiger partial charge in [-0.25, -0.2) is 0 Å². The molecule has 0 radical (unpaired) electrons. The molecule has 0 spiro atoms. The fourth-order valence-corrected chi connectivity index (χ4v) is 2.78. The van der Waals surface area contributed by atoms with E-state index >= 15 is 0 Å². The molecule has 1 nitrogen and oxygen atoms in total. The summed E-state index contributed by atoms with van der Waals surface area (Å²) in [5, 5.41) is 1.30. The predicted octanol–water partition coefficient (Wildman–Crippen LogP) is 4.34. The highest BCUT2D eigenvalue weighted by molar-refractivity contribution is 5.90. The number of para-hydroxylation sites is 1. The Hall–Kier alpha value is -2.28. The molecule has 0 amide bonds. The van der Waals surface area contributed by atoms with E-state index in [1.165, 1.54) is 27.7 Å². The second-order valence-electron chi connectivity index (χ2n) is 4.70. The summed E-state index contributed by atoms with van der Waals surface area (Å²) in [6.45, 7) is 0. The molecule has 1 aliphatic heterocycles. The standard InChI is InChI=1S/C17H13N/c1-3-9-15-13(6-1)8-5-11-18-16-10-4-2-7-14(16)12-17(15)18/h1-7,9-12H,8H2. The van der Waals surface area contributed by atoms with Crippen LogP contribution in [0.2, 0.25) is 0 Å². The number of hydrogen-bond donors (Lipinski definition) is 0. The Balaban J connectivity index is 2.14. The summed E-state index contributed by atoms with van der Waals surface area (Å²) < 4.78 is 2.29. The Morgan fingerprint density at radius 1 is 0.889 bits per heavy atom. The molecule has 4 rings (SSSR count). The van der Waals surface area contributed by atoms with Gasteiger partial charge in [-0.05, 0) is 24.1 Å². The van der Waals surface area contributed by atoms with E-state index in [4.69, 9.17) is 0 Å². The normalized spacial score (nSPS) is 13.1. The van der Waals surface area contributed by atoms with Crippen LogP contribution in [0.1, 0.15) is 5.56 Å². The molecule has 0 atom stereocenters. The van der Waals surface area contributed by atoms with E-state index in [9.17, 15) is 0 Å². The molecule has 2 heterocycles. The van der Waals surface area contributed by atoms with Crippen LogP contribution in [-0.2, 0) is 6.42 Å². The lowest BCUT2D eigenvalue weighted by atomic mass is 10.0. The average Bonchev–Trinajstić information content (AvgIpc) is 2.69. The van der Waals surface area contributed by atoms with Crippen molar-refractivity contribution in [2.24, 2.45) is 0 Å². The third-order valence-electron chi connectivity index (χ3n) is 3.63. The molecule has 1 heteroatoms. The fourth-order valence-electron chi connectivity index (χ4n) is 2.78. The van der Waals surface area contributed by atoms with Crippen LogP contribution in [0.4, 0.5) is 0 Å². The lowest BCUT2D eigenvalue weighted by Crippen LogP contribution is -1.89. The van der Waals surface area contributed by atoms with Crippen LogP contribution in [-0.4, -0.2) is 4.57 Å². The summed E-state index contributed by atoms with van der Waals surface area (Å²) in [7, 11) is 0. The number of rotatable bonds is 0. The highest BCUT2D eigenvalue weighted by atomic mass is 15.0. The van der Waals surface area contributed by atoms with Gasteiger partial charge in [0.25, 0.3) is 0 Å². The van der Waals surface area contributed by atoms with Crippen LogP contribution in [0.3, 0.4) is 0 Å². The summed E-state index contributed by atoms with van der Waals surface area (Å²) in [6.07, 6.45) is 5.44. The largest absolute Gasteiger partial charge is 0.316 e. The topological polar surface area (TPSA) is 4.93 Å². The number of nitrogens with zero attached hydrogens (tertiary/aromatic N) is 1. The smallest absolute Gasteiger partial charge is 0.0537 e. The number of benzene rings is 2. The fraction of sp³-hybridized carbons (Fsp3) is 0.0588. The first kappa shape index (κ1) is 9.72. The summed E-state index contributed by atoms with van der Waals surface area (Å²) in [6, 6.07) is 19.5. The lowest BCUT2D eigenvalue weighted by molar-refractivity contribution is 1.24. The molecule has 1 aliphatic rings. The molecule has 18 heavy (non-hydrogen) atoms. The molecular formula is C17H13N. The van der Waals surface area contributed by atoms with Gasteiger partial charge in [0.2, 0.25) is 0 Å². The molecule has 2 aromatic carbocycles. The van der Waals surface area contributed by atoms with Crippen molar-refractivity contribution in [1.29, 1.82) is 0 Å². The van der Waals surface area contributed by atoms with Gasteiger partial charge in [0.1, 0.15) is 0 Å². The molecule has 1 aromatic heterocycles. The molecule has 3 aromatic rings. The van der Waals surface area contributed by atoms with Gasteiger partial charge in [-0.3, -0.25) is 0 Å². The van der Waals surface area contributed by atoms with Crippen LogP contribution >= 0.6 is 0 Å². The minimum Gasteiger partial charge on any atom is -0.316 e. The first-order chi connectivity index (χ1) is 8.93.